The molecule has 1 aliphatic rings. The highest BCUT2D eigenvalue weighted by molar-refractivity contribution is 7.98. The van der Waals surface area contributed by atoms with Gasteiger partial charge >= 0.3 is 6.09 Å². The molecule has 2 aromatic rings. The topological polar surface area (TPSA) is 61.5 Å². The maximum absolute atomic E-state index is 11.1. The summed E-state index contributed by atoms with van der Waals surface area (Å²) in [4.78, 5) is 12.3. The Kier molecular flexibility index (Phi) is 4.24. The molecular weight excluding hydrogens is 298 g/mol. The minimum absolute atomic E-state index is 0.343. The first-order chi connectivity index (χ1) is 10.7. The van der Waals surface area contributed by atoms with Gasteiger partial charge < -0.3 is 15.2 Å². The predicted molar refractivity (Wildman–Crippen MR) is 87.2 cm³/mol. The van der Waals surface area contributed by atoms with Gasteiger partial charge in [-0.05, 0) is 41.6 Å². The van der Waals surface area contributed by atoms with Crippen molar-refractivity contribution in [3.63, 3.8) is 0 Å². The van der Waals surface area contributed by atoms with E-state index in [2.05, 4.69) is 24.5 Å². The van der Waals surface area contributed by atoms with Crippen LogP contribution in [0.1, 0.15) is 18.1 Å². The van der Waals surface area contributed by atoms with Gasteiger partial charge in [-0.15, -0.1) is 11.8 Å². The van der Waals surface area contributed by atoms with Crippen molar-refractivity contribution in [3.05, 3.63) is 48.0 Å². The lowest BCUT2D eigenvalue weighted by molar-refractivity contribution is 0.0766. The number of amides is 1. The third-order valence-corrected chi connectivity index (χ3v) is 4.38. The Balaban J connectivity index is 1.99. The van der Waals surface area contributed by atoms with E-state index in [0.717, 1.165) is 22.4 Å². The van der Waals surface area contributed by atoms with Gasteiger partial charge in [0.05, 0.1) is 6.61 Å². The van der Waals surface area contributed by atoms with Crippen LogP contribution in [0.15, 0.2) is 47.4 Å². The van der Waals surface area contributed by atoms with E-state index in [1.165, 1.54) is 4.90 Å². The fourth-order valence-electron chi connectivity index (χ4n) is 2.61. The molecule has 0 saturated heterocycles. The average Bonchev–Trinajstić information content (AvgIpc) is 2.54. The van der Waals surface area contributed by atoms with Gasteiger partial charge in [-0.25, -0.2) is 4.79 Å². The second-order valence-electron chi connectivity index (χ2n) is 5.05. The molecule has 1 unspecified atom stereocenters. The number of thioether (sulfide) groups is 1. The molecule has 22 heavy (non-hydrogen) atoms. The minimum atomic E-state index is -0.757. The van der Waals surface area contributed by atoms with Crippen molar-refractivity contribution in [2.75, 3.05) is 12.9 Å². The summed E-state index contributed by atoms with van der Waals surface area (Å²) in [5.41, 5.74) is 8.23. The smallest absolute Gasteiger partial charge is 0.405 e. The summed E-state index contributed by atoms with van der Waals surface area (Å²) < 4.78 is 10.8. The normalized spacial score (nSPS) is 16.5. The van der Waals surface area contributed by atoms with Crippen molar-refractivity contribution in [1.82, 2.24) is 0 Å². The van der Waals surface area contributed by atoms with E-state index in [1.807, 2.05) is 24.3 Å². The van der Waals surface area contributed by atoms with Crippen LogP contribution in [-0.2, 0) is 4.74 Å². The van der Waals surface area contributed by atoms with Crippen LogP contribution in [0.25, 0.3) is 11.1 Å². The second-order valence-corrected chi connectivity index (χ2v) is 5.93. The molecule has 5 heteroatoms. The molecule has 0 saturated carbocycles. The molecular formula is C17H17NO3S. The number of rotatable bonds is 3. The lowest BCUT2D eigenvalue weighted by Gasteiger charge is -2.25. The van der Waals surface area contributed by atoms with Crippen molar-refractivity contribution in [2.45, 2.75) is 17.4 Å². The number of carbonyl (C=O) groups excluding carboxylic acids is 1. The van der Waals surface area contributed by atoms with Crippen molar-refractivity contribution in [3.8, 4) is 16.9 Å². The van der Waals surface area contributed by atoms with Gasteiger partial charge in [-0.1, -0.05) is 18.2 Å². The van der Waals surface area contributed by atoms with E-state index in [1.54, 1.807) is 11.8 Å². The molecule has 2 N–H and O–H groups in total. The Morgan fingerprint density at radius 1 is 1.27 bits per heavy atom. The molecule has 1 atom stereocenters. The van der Waals surface area contributed by atoms with E-state index in [4.69, 9.17) is 15.2 Å². The molecule has 1 aliphatic heterocycles. The maximum atomic E-state index is 11.1. The summed E-state index contributed by atoms with van der Waals surface area (Å²) in [6.07, 6.45) is 1.57. The standard InChI is InChI=1S/C17H17NO3S/c1-22-13-4-2-3-11(9-13)12-5-6-15-14(10-12)16(7-8-20-15)21-17(18)19/h2-6,9-10,16H,7-8H2,1H3,(H2,18,19). The van der Waals surface area contributed by atoms with E-state index in [-0.39, 0.29) is 6.10 Å². The number of hydrogen-bond donors (Lipinski definition) is 1. The van der Waals surface area contributed by atoms with E-state index in [0.29, 0.717) is 13.0 Å². The van der Waals surface area contributed by atoms with Gasteiger partial charge in [0, 0.05) is 16.9 Å². The van der Waals surface area contributed by atoms with Crippen molar-refractivity contribution >= 4 is 17.9 Å². The largest absolute Gasteiger partial charge is 0.493 e. The Hall–Kier alpha value is -2.14. The molecule has 4 nitrogen and oxygen atoms in total. The van der Waals surface area contributed by atoms with Gasteiger partial charge in [-0.3, -0.25) is 0 Å². The number of ether oxygens (including phenoxy) is 2. The highest BCUT2D eigenvalue weighted by Gasteiger charge is 2.24. The SMILES string of the molecule is CSc1cccc(-c2ccc3c(c2)C(OC(N)=O)CCO3)c1. The van der Waals surface area contributed by atoms with E-state index >= 15 is 0 Å². The van der Waals surface area contributed by atoms with Crippen LogP contribution in [0.4, 0.5) is 4.79 Å². The number of benzene rings is 2. The number of nitrogens with two attached hydrogens (primary N) is 1. The number of carbonyl (C=O) groups is 1. The van der Waals surface area contributed by atoms with Crippen LogP contribution < -0.4 is 10.5 Å². The minimum Gasteiger partial charge on any atom is -0.493 e. The molecule has 114 valence electrons. The molecule has 1 amide bonds. The Labute approximate surface area is 133 Å². The summed E-state index contributed by atoms with van der Waals surface area (Å²) in [5, 5.41) is 0. The molecule has 0 bridgehead atoms. The van der Waals surface area contributed by atoms with Crippen LogP contribution >= 0.6 is 11.8 Å². The highest BCUT2D eigenvalue weighted by Crippen LogP contribution is 2.37. The van der Waals surface area contributed by atoms with Gasteiger partial charge in [-0.2, -0.15) is 0 Å². The third kappa shape index (κ3) is 3.04. The number of primary amides is 1. The summed E-state index contributed by atoms with van der Waals surface area (Å²) in [7, 11) is 0. The molecule has 2 aromatic carbocycles. The molecule has 0 fully saturated rings. The fourth-order valence-corrected chi connectivity index (χ4v) is 3.07. The van der Waals surface area contributed by atoms with E-state index in [9.17, 15) is 4.79 Å². The Bertz CT molecular complexity index is 702. The van der Waals surface area contributed by atoms with Gasteiger partial charge in [0.25, 0.3) is 0 Å². The number of hydrogen-bond acceptors (Lipinski definition) is 4. The third-order valence-electron chi connectivity index (χ3n) is 3.66. The Morgan fingerprint density at radius 3 is 2.86 bits per heavy atom. The van der Waals surface area contributed by atoms with Gasteiger partial charge in [0.1, 0.15) is 11.9 Å². The zero-order chi connectivity index (χ0) is 15.5. The van der Waals surface area contributed by atoms with Crippen LogP contribution in [0, 0.1) is 0 Å². The first-order valence-corrected chi connectivity index (χ1v) is 8.27. The van der Waals surface area contributed by atoms with Crippen LogP contribution in [0.3, 0.4) is 0 Å². The summed E-state index contributed by atoms with van der Waals surface area (Å²) in [6, 6.07) is 14.3. The van der Waals surface area contributed by atoms with Crippen LogP contribution in [-0.4, -0.2) is 19.0 Å². The molecule has 1 heterocycles. The molecule has 0 aliphatic carbocycles. The summed E-state index contributed by atoms with van der Waals surface area (Å²) in [5.74, 6) is 0.752. The lowest BCUT2D eigenvalue weighted by Crippen LogP contribution is -2.22. The highest BCUT2D eigenvalue weighted by atomic mass is 32.2. The quantitative estimate of drug-likeness (QED) is 0.870. The lowest BCUT2D eigenvalue weighted by atomic mass is 9.97. The monoisotopic (exact) mass is 315 g/mol. The molecule has 3 rings (SSSR count). The molecule has 0 aromatic heterocycles. The van der Waals surface area contributed by atoms with Crippen LogP contribution in [0.5, 0.6) is 5.75 Å². The summed E-state index contributed by atoms with van der Waals surface area (Å²) in [6.45, 7) is 0.520. The molecule has 0 radical (unpaired) electrons. The zero-order valence-corrected chi connectivity index (χ0v) is 13.1. The summed E-state index contributed by atoms with van der Waals surface area (Å²) >= 11 is 1.70. The van der Waals surface area contributed by atoms with E-state index < -0.39 is 6.09 Å². The van der Waals surface area contributed by atoms with Gasteiger partial charge in [0.2, 0.25) is 0 Å². The van der Waals surface area contributed by atoms with Gasteiger partial charge in [0.15, 0.2) is 0 Å². The van der Waals surface area contributed by atoms with Crippen molar-refractivity contribution in [2.24, 2.45) is 5.73 Å². The fraction of sp³-hybridized carbons (Fsp3) is 0.235. The van der Waals surface area contributed by atoms with Crippen LogP contribution in [0.2, 0.25) is 0 Å². The second kappa shape index (κ2) is 6.32. The molecule has 0 spiro atoms. The number of fused-ring (bicyclic) bond motifs is 1. The maximum Gasteiger partial charge on any atom is 0.405 e. The predicted octanol–water partition coefficient (Wildman–Crippen LogP) is 3.99. The zero-order valence-electron chi connectivity index (χ0n) is 12.2. The average molecular weight is 315 g/mol. The van der Waals surface area contributed by atoms with Crippen molar-refractivity contribution < 1.29 is 14.3 Å². The first-order valence-electron chi connectivity index (χ1n) is 7.04. The van der Waals surface area contributed by atoms with Crippen molar-refractivity contribution in [1.29, 1.82) is 0 Å². The Morgan fingerprint density at radius 2 is 2.09 bits per heavy atom. The first kappa shape index (κ1) is 14.8.